The van der Waals surface area contributed by atoms with Crippen LogP contribution in [0.3, 0.4) is 0 Å². The SMILES string of the molecule is CCNC1C2C=CC(C2)C1c1ccco1. The second kappa shape index (κ2) is 3.53. The smallest absolute Gasteiger partial charge is 0.109 e. The number of fused-ring (bicyclic) bond motifs is 2. The van der Waals surface area contributed by atoms with Gasteiger partial charge in [-0.25, -0.2) is 0 Å². The van der Waals surface area contributed by atoms with Gasteiger partial charge in [0.25, 0.3) is 0 Å². The quantitative estimate of drug-likeness (QED) is 0.764. The highest BCUT2D eigenvalue weighted by Crippen LogP contribution is 2.48. The maximum atomic E-state index is 5.57. The summed E-state index contributed by atoms with van der Waals surface area (Å²) in [7, 11) is 0. The molecule has 4 atom stereocenters. The molecule has 3 rings (SSSR count). The van der Waals surface area contributed by atoms with E-state index in [0.29, 0.717) is 23.8 Å². The van der Waals surface area contributed by atoms with Crippen molar-refractivity contribution in [2.75, 3.05) is 6.54 Å². The average Bonchev–Trinajstić information content (AvgIpc) is 2.93. The number of furan rings is 1. The van der Waals surface area contributed by atoms with Gasteiger partial charge in [-0.2, -0.15) is 0 Å². The van der Waals surface area contributed by atoms with Gasteiger partial charge in [0.15, 0.2) is 0 Å². The third kappa shape index (κ3) is 1.36. The van der Waals surface area contributed by atoms with Gasteiger partial charge >= 0.3 is 0 Å². The average molecular weight is 203 g/mol. The van der Waals surface area contributed by atoms with Crippen LogP contribution >= 0.6 is 0 Å². The maximum Gasteiger partial charge on any atom is 0.109 e. The summed E-state index contributed by atoms with van der Waals surface area (Å²) >= 11 is 0. The van der Waals surface area contributed by atoms with E-state index in [1.54, 1.807) is 6.26 Å². The molecule has 1 fully saturated rings. The van der Waals surface area contributed by atoms with E-state index in [1.807, 2.05) is 6.07 Å². The molecule has 1 N–H and O–H groups in total. The molecule has 2 nitrogen and oxygen atoms in total. The fourth-order valence-electron chi connectivity index (χ4n) is 3.21. The highest BCUT2D eigenvalue weighted by atomic mass is 16.3. The summed E-state index contributed by atoms with van der Waals surface area (Å²) in [5, 5.41) is 3.60. The van der Waals surface area contributed by atoms with Crippen molar-refractivity contribution in [3.63, 3.8) is 0 Å². The van der Waals surface area contributed by atoms with Gasteiger partial charge in [0.1, 0.15) is 5.76 Å². The minimum Gasteiger partial charge on any atom is -0.469 e. The lowest BCUT2D eigenvalue weighted by atomic mass is 9.87. The van der Waals surface area contributed by atoms with Gasteiger partial charge in [-0.15, -0.1) is 0 Å². The summed E-state index contributed by atoms with van der Waals surface area (Å²) in [6.45, 7) is 3.22. The Balaban J connectivity index is 1.90. The van der Waals surface area contributed by atoms with Crippen molar-refractivity contribution in [2.24, 2.45) is 11.8 Å². The van der Waals surface area contributed by atoms with Crippen molar-refractivity contribution in [1.29, 1.82) is 0 Å². The van der Waals surface area contributed by atoms with E-state index in [2.05, 4.69) is 30.5 Å². The minimum atomic E-state index is 0.551. The van der Waals surface area contributed by atoms with Gasteiger partial charge in [-0.3, -0.25) is 0 Å². The Labute approximate surface area is 90.4 Å². The second-order valence-electron chi connectivity index (χ2n) is 4.57. The van der Waals surface area contributed by atoms with Gasteiger partial charge < -0.3 is 9.73 Å². The number of hydrogen-bond acceptors (Lipinski definition) is 2. The van der Waals surface area contributed by atoms with E-state index in [1.165, 1.54) is 6.42 Å². The van der Waals surface area contributed by atoms with Crippen LogP contribution in [-0.4, -0.2) is 12.6 Å². The van der Waals surface area contributed by atoms with Gasteiger partial charge in [-0.05, 0) is 36.9 Å². The third-order valence-corrected chi connectivity index (χ3v) is 3.77. The minimum absolute atomic E-state index is 0.551. The molecule has 1 heterocycles. The van der Waals surface area contributed by atoms with E-state index in [-0.39, 0.29) is 0 Å². The highest BCUT2D eigenvalue weighted by Gasteiger charge is 2.45. The first-order valence-corrected chi connectivity index (χ1v) is 5.85. The second-order valence-corrected chi connectivity index (χ2v) is 4.57. The Morgan fingerprint density at radius 3 is 3.00 bits per heavy atom. The lowest BCUT2D eigenvalue weighted by Crippen LogP contribution is -2.37. The summed E-state index contributed by atoms with van der Waals surface area (Å²) < 4.78 is 5.57. The van der Waals surface area contributed by atoms with Crippen molar-refractivity contribution in [3.05, 3.63) is 36.3 Å². The Morgan fingerprint density at radius 2 is 2.27 bits per heavy atom. The molecule has 4 unspecified atom stereocenters. The first kappa shape index (κ1) is 9.22. The van der Waals surface area contributed by atoms with Crippen molar-refractivity contribution < 1.29 is 4.42 Å². The molecule has 0 radical (unpaired) electrons. The molecule has 0 aliphatic heterocycles. The van der Waals surface area contributed by atoms with Crippen LogP contribution in [0.4, 0.5) is 0 Å². The Hall–Kier alpha value is -1.02. The van der Waals surface area contributed by atoms with Gasteiger partial charge in [0, 0.05) is 12.0 Å². The fourth-order valence-corrected chi connectivity index (χ4v) is 3.21. The van der Waals surface area contributed by atoms with Crippen LogP contribution in [-0.2, 0) is 0 Å². The molecular weight excluding hydrogens is 186 g/mol. The van der Waals surface area contributed by atoms with Gasteiger partial charge in [0.05, 0.1) is 6.26 Å². The van der Waals surface area contributed by atoms with Crippen molar-refractivity contribution in [2.45, 2.75) is 25.3 Å². The van der Waals surface area contributed by atoms with Crippen molar-refractivity contribution >= 4 is 0 Å². The fraction of sp³-hybridized carbons (Fsp3) is 0.538. The van der Waals surface area contributed by atoms with Crippen LogP contribution < -0.4 is 5.32 Å². The third-order valence-electron chi connectivity index (χ3n) is 3.77. The number of nitrogens with one attached hydrogen (secondary N) is 1. The lowest BCUT2D eigenvalue weighted by Gasteiger charge is -2.27. The summed E-state index contributed by atoms with van der Waals surface area (Å²) in [5.74, 6) is 3.10. The zero-order valence-corrected chi connectivity index (χ0v) is 9.02. The molecule has 15 heavy (non-hydrogen) atoms. The van der Waals surface area contributed by atoms with Crippen molar-refractivity contribution in [1.82, 2.24) is 5.32 Å². The molecule has 80 valence electrons. The van der Waals surface area contributed by atoms with Gasteiger partial charge in [-0.1, -0.05) is 19.1 Å². The van der Waals surface area contributed by atoms with Crippen LogP contribution in [0.1, 0.15) is 25.0 Å². The molecule has 2 aliphatic carbocycles. The molecular formula is C13H17NO. The Kier molecular flexibility index (Phi) is 2.17. The molecule has 0 saturated heterocycles. The van der Waals surface area contributed by atoms with Gasteiger partial charge in [0.2, 0.25) is 0 Å². The van der Waals surface area contributed by atoms with E-state index in [4.69, 9.17) is 4.42 Å². The first-order valence-electron chi connectivity index (χ1n) is 5.85. The molecule has 0 spiro atoms. The maximum absolute atomic E-state index is 5.57. The zero-order chi connectivity index (χ0) is 10.3. The molecule has 1 saturated carbocycles. The Bertz CT molecular complexity index is 355. The number of allylic oxidation sites excluding steroid dienone is 1. The van der Waals surface area contributed by atoms with E-state index >= 15 is 0 Å². The molecule has 0 aromatic carbocycles. The summed E-state index contributed by atoms with van der Waals surface area (Å²) in [6.07, 6.45) is 7.82. The van der Waals surface area contributed by atoms with E-state index < -0.39 is 0 Å². The largest absolute Gasteiger partial charge is 0.469 e. The predicted molar refractivity (Wildman–Crippen MR) is 59.7 cm³/mol. The van der Waals surface area contributed by atoms with Crippen LogP contribution in [0, 0.1) is 11.8 Å². The standard InChI is InChI=1S/C13H17NO/c1-2-14-13-10-6-5-9(8-10)12(13)11-4-3-7-15-11/h3-7,9-10,12-14H,2,8H2,1H3. The predicted octanol–water partition coefficient (Wildman–Crippen LogP) is 2.55. The normalized spacial score (nSPS) is 37.7. The van der Waals surface area contributed by atoms with E-state index in [9.17, 15) is 0 Å². The molecule has 2 aliphatic rings. The van der Waals surface area contributed by atoms with Crippen LogP contribution in [0.25, 0.3) is 0 Å². The molecule has 2 bridgehead atoms. The molecule has 1 aromatic rings. The molecule has 0 amide bonds. The van der Waals surface area contributed by atoms with Crippen LogP contribution in [0.15, 0.2) is 35.0 Å². The lowest BCUT2D eigenvalue weighted by molar-refractivity contribution is 0.358. The topological polar surface area (TPSA) is 25.2 Å². The van der Waals surface area contributed by atoms with Crippen molar-refractivity contribution in [3.8, 4) is 0 Å². The monoisotopic (exact) mass is 203 g/mol. The summed E-state index contributed by atoms with van der Waals surface area (Å²) in [5.41, 5.74) is 0. The molecule has 1 aromatic heterocycles. The number of hydrogen-bond donors (Lipinski definition) is 1. The van der Waals surface area contributed by atoms with E-state index in [0.717, 1.165) is 12.3 Å². The first-order chi connectivity index (χ1) is 7.40. The highest BCUT2D eigenvalue weighted by molar-refractivity contribution is 5.25. The summed E-state index contributed by atoms with van der Waals surface area (Å²) in [4.78, 5) is 0. The summed E-state index contributed by atoms with van der Waals surface area (Å²) in [6, 6.07) is 4.69. The Morgan fingerprint density at radius 1 is 1.40 bits per heavy atom. The number of likely N-dealkylation sites (N-methyl/N-ethyl adjacent to an activating group) is 1. The van der Waals surface area contributed by atoms with Crippen LogP contribution in [0.5, 0.6) is 0 Å². The molecule has 2 heteroatoms. The number of rotatable bonds is 3. The van der Waals surface area contributed by atoms with Crippen LogP contribution in [0.2, 0.25) is 0 Å². The zero-order valence-electron chi connectivity index (χ0n) is 9.02.